The van der Waals surface area contributed by atoms with Crippen LogP contribution in [0, 0.1) is 18.6 Å². The second kappa shape index (κ2) is 3.99. The summed E-state index contributed by atoms with van der Waals surface area (Å²) in [6.07, 6.45) is 2.22. The minimum Gasteiger partial charge on any atom is -0.207 e. The average Bonchev–Trinajstić information content (AvgIpc) is 2.54. The lowest BCUT2D eigenvalue weighted by Gasteiger charge is -2.26. The molecule has 1 aliphatic carbocycles. The minimum atomic E-state index is -0.452. The lowest BCUT2D eigenvalue weighted by molar-refractivity contribution is 0.423. The molecule has 0 amide bonds. The molecule has 0 N–H and O–H groups in total. The number of benzene rings is 1. The van der Waals surface area contributed by atoms with Crippen LogP contribution in [0.3, 0.4) is 0 Å². The maximum Gasteiger partial charge on any atom is 0.132 e. The standard InChI is InChI=1S/C13H15ClF2/c1-8-3-4-10(15)11(12(8)16)13(2)6-5-9(14)7-13/h3-4,9H,5-7H2,1-2H3. The van der Waals surface area contributed by atoms with Crippen molar-refractivity contribution in [1.82, 2.24) is 0 Å². The zero-order chi connectivity index (χ0) is 11.9. The van der Waals surface area contributed by atoms with E-state index in [0.717, 1.165) is 12.8 Å². The Hall–Kier alpha value is -0.630. The molecule has 0 nitrogen and oxygen atoms in total. The Morgan fingerprint density at radius 2 is 2.06 bits per heavy atom. The van der Waals surface area contributed by atoms with Gasteiger partial charge in [-0.3, -0.25) is 0 Å². The summed E-state index contributed by atoms with van der Waals surface area (Å²) < 4.78 is 27.8. The molecule has 0 spiro atoms. The molecule has 88 valence electrons. The molecule has 0 radical (unpaired) electrons. The maximum atomic E-state index is 14.0. The van der Waals surface area contributed by atoms with Crippen molar-refractivity contribution in [2.75, 3.05) is 0 Å². The fourth-order valence-electron chi connectivity index (χ4n) is 2.61. The van der Waals surface area contributed by atoms with Crippen molar-refractivity contribution >= 4 is 11.6 Å². The largest absolute Gasteiger partial charge is 0.207 e. The van der Waals surface area contributed by atoms with Crippen molar-refractivity contribution in [2.45, 2.75) is 43.9 Å². The van der Waals surface area contributed by atoms with Gasteiger partial charge in [-0.2, -0.15) is 0 Å². The molecular weight excluding hydrogens is 230 g/mol. The van der Waals surface area contributed by atoms with Crippen LogP contribution >= 0.6 is 11.6 Å². The van der Waals surface area contributed by atoms with Crippen molar-refractivity contribution in [3.05, 3.63) is 34.9 Å². The van der Waals surface area contributed by atoms with Gasteiger partial charge in [-0.25, -0.2) is 8.78 Å². The Morgan fingerprint density at radius 1 is 1.38 bits per heavy atom. The second-order valence-electron chi connectivity index (χ2n) is 4.95. The van der Waals surface area contributed by atoms with Gasteiger partial charge in [-0.1, -0.05) is 13.0 Å². The van der Waals surface area contributed by atoms with Crippen LogP contribution in [-0.2, 0) is 5.41 Å². The molecule has 2 atom stereocenters. The first kappa shape index (κ1) is 11.8. The van der Waals surface area contributed by atoms with Crippen LogP contribution in [0.5, 0.6) is 0 Å². The van der Waals surface area contributed by atoms with E-state index in [1.807, 2.05) is 6.92 Å². The van der Waals surface area contributed by atoms with Crippen molar-refractivity contribution in [3.63, 3.8) is 0 Å². The number of rotatable bonds is 1. The molecule has 1 aliphatic rings. The van der Waals surface area contributed by atoms with Gasteiger partial charge in [0.25, 0.3) is 0 Å². The maximum absolute atomic E-state index is 14.0. The highest BCUT2D eigenvalue weighted by Crippen LogP contribution is 2.45. The third-order valence-electron chi connectivity index (χ3n) is 3.57. The van der Waals surface area contributed by atoms with Gasteiger partial charge in [0.2, 0.25) is 0 Å². The molecule has 1 aromatic rings. The molecule has 3 heteroatoms. The molecule has 0 aromatic heterocycles. The molecule has 2 unspecified atom stereocenters. The van der Waals surface area contributed by atoms with Crippen molar-refractivity contribution in [2.24, 2.45) is 0 Å². The number of aryl methyl sites for hydroxylation is 1. The van der Waals surface area contributed by atoms with Crippen molar-refractivity contribution < 1.29 is 8.78 Å². The van der Waals surface area contributed by atoms with E-state index in [1.54, 1.807) is 6.92 Å². The topological polar surface area (TPSA) is 0 Å². The van der Waals surface area contributed by atoms with Crippen molar-refractivity contribution in [1.29, 1.82) is 0 Å². The summed E-state index contributed by atoms with van der Waals surface area (Å²) >= 11 is 6.05. The van der Waals surface area contributed by atoms with Crippen LogP contribution in [0.25, 0.3) is 0 Å². The van der Waals surface area contributed by atoms with Crippen LogP contribution < -0.4 is 0 Å². The van der Waals surface area contributed by atoms with E-state index in [0.29, 0.717) is 12.0 Å². The zero-order valence-electron chi connectivity index (χ0n) is 9.49. The quantitative estimate of drug-likeness (QED) is 0.646. The molecule has 0 bridgehead atoms. The van der Waals surface area contributed by atoms with E-state index in [2.05, 4.69) is 0 Å². The molecule has 0 saturated heterocycles. The summed E-state index contributed by atoms with van der Waals surface area (Å²) in [5.74, 6) is -0.857. The predicted molar refractivity (Wildman–Crippen MR) is 61.9 cm³/mol. The van der Waals surface area contributed by atoms with Crippen LogP contribution in [-0.4, -0.2) is 5.38 Å². The van der Waals surface area contributed by atoms with Gasteiger partial charge in [0.05, 0.1) is 0 Å². The summed E-state index contributed by atoms with van der Waals surface area (Å²) in [5.41, 5.74) is 0.262. The highest BCUT2D eigenvalue weighted by atomic mass is 35.5. The molecular formula is C13H15ClF2. The van der Waals surface area contributed by atoms with Gasteiger partial charge in [-0.05, 0) is 43.2 Å². The SMILES string of the molecule is Cc1ccc(F)c(C2(C)CCC(Cl)C2)c1F. The van der Waals surface area contributed by atoms with E-state index in [4.69, 9.17) is 11.6 Å². The van der Waals surface area contributed by atoms with E-state index in [9.17, 15) is 8.78 Å². The lowest BCUT2D eigenvalue weighted by atomic mass is 9.79. The fraction of sp³-hybridized carbons (Fsp3) is 0.538. The molecule has 2 rings (SSSR count). The van der Waals surface area contributed by atoms with Crippen LogP contribution in [0.2, 0.25) is 0 Å². The minimum absolute atomic E-state index is 0.0318. The molecule has 0 aliphatic heterocycles. The first-order valence-electron chi connectivity index (χ1n) is 5.53. The van der Waals surface area contributed by atoms with E-state index < -0.39 is 17.0 Å². The summed E-state index contributed by atoms with van der Waals surface area (Å²) in [5, 5.41) is 0.0318. The average molecular weight is 245 g/mol. The van der Waals surface area contributed by atoms with Gasteiger partial charge in [0.15, 0.2) is 0 Å². The molecule has 0 heterocycles. The summed E-state index contributed by atoms with van der Waals surface area (Å²) in [6, 6.07) is 2.82. The van der Waals surface area contributed by atoms with Gasteiger partial charge >= 0.3 is 0 Å². The lowest BCUT2D eigenvalue weighted by Crippen LogP contribution is -2.22. The summed E-state index contributed by atoms with van der Waals surface area (Å²) in [4.78, 5) is 0. The molecule has 1 aromatic carbocycles. The Balaban J connectivity index is 2.51. The number of alkyl halides is 1. The Labute approximate surface area is 99.6 Å². The van der Waals surface area contributed by atoms with Crippen LogP contribution in [0.1, 0.15) is 37.3 Å². The third kappa shape index (κ3) is 1.84. The van der Waals surface area contributed by atoms with Crippen LogP contribution in [0.15, 0.2) is 12.1 Å². The van der Waals surface area contributed by atoms with Gasteiger partial charge in [0.1, 0.15) is 11.6 Å². The van der Waals surface area contributed by atoms with E-state index >= 15 is 0 Å². The molecule has 1 fully saturated rings. The van der Waals surface area contributed by atoms with Crippen LogP contribution in [0.4, 0.5) is 8.78 Å². The van der Waals surface area contributed by atoms with Crippen molar-refractivity contribution in [3.8, 4) is 0 Å². The van der Waals surface area contributed by atoms with E-state index in [1.165, 1.54) is 12.1 Å². The summed E-state index contributed by atoms with van der Waals surface area (Å²) in [6.45, 7) is 3.56. The number of hydrogen-bond donors (Lipinski definition) is 0. The highest BCUT2D eigenvalue weighted by Gasteiger charge is 2.39. The summed E-state index contributed by atoms with van der Waals surface area (Å²) in [7, 11) is 0. The number of halogens is 3. The Kier molecular flexibility index (Phi) is 2.95. The monoisotopic (exact) mass is 244 g/mol. The van der Waals surface area contributed by atoms with Gasteiger partial charge < -0.3 is 0 Å². The first-order chi connectivity index (χ1) is 7.44. The zero-order valence-corrected chi connectivity index (χ0v) is 10.2. The first-order valence-corrected chi connectivity index (χ1v) is 5.97. The normalized spacial score (nSPS) is 29.7. The molecule has 1 saturated carbocycles. The number of hydrogen-bond acceptors (Lipinski definition) is 0. The Bertz CT molecular complexity index is 417. The second-order valence-corrected chi connectivity index (χ2v) is 5.57. The Morgan fingerprint density at radius 3 is 2.62 bits per heavy atom. The third-order valence-corrected chi connectivity index (χ3v) is 3.94. The smallest absolute Gasteiger partial charge is 0.132 e. The predicted octanol–water partition coefficient (Wildman–Crippen LogP) is 4.32. The van der Waals surface area contributed by atoms with Gasteiger partial charge in [-0.15, -0.1) is 11.6 Å². The fourth-order valence-corrected chi connectivity index (χ4v) is 3.05. The molecule has 16 heavy (non-hydrogen) atoms. The van der Waals surface area contributed by atoms with Gasteiger partial charge in [0, 0.05) is 10.9 Å². The van der Waals surface area contributed by atoms with E-state index in [-0.39, 0.29) is 10.9 Å². The highest BCUT2D eigenvalue weighted by molar-refractivity contribution is 6.20.